The van der Waals surface area contributed by atoms with E-state index >= 15 is 0 Å². The first-order chi connectivity index (χ1) is 6.38. The Kier molecular flexibility index (Phi) is 2.77. The minimum absolute atomic E-state index is 0.663. The standard InChI is InChI=1S/C8H13N3OS/c9-11-8-10-3-7(13-8)5-12-4-6-1-2-6/h3,6H,1-2,4-5,9H2,(H,10,11). The predicted octanol–water partition coefficient (Wildman–Crippen LogP) is 1.36. The SMILES string of the molecule is NNc1ncc(COCC2CC2)s1. The molecule has 0 aliphatic heterocycles. The van der Waals surface area contributed by atoms with Crippen LogP contribution in [-0.2, 0) is 11.3 Å². The average molecular weight is 199 g/mol. The molecule has 1 aliphatic rings. The first kappa shape index (κ1) is 8.93. The smallest absolute Gasteiger partial charge is 0.197 e. The van der Waals surface area contributed by atoms with Crippen LogP contribution in [0.5, 0.6) is 0 Å². The number of thiazole rings is 1. The van der Waals surface area contributed by atoms with Crippen molar-refractivity contribution >= 4 is 16.5 Å². The van der Waals surface area contributed by atoms with Crippen LogP contribution in [0.25, 0.3) is 0 Å². The van der Waals surface area contributed by atoms with Gasteiger partial charge in [-0.2, -0.15) is 0 Å². The van der Waals surface area contributed by atoms with Crippen molar-refractivity contribution in [2.24, 2.45) is 11.8 Å². The van der Waals surface area contributed by atoms with Crippen molar-refractivity contribution in [2.75, 3.05) is 12.0 Å². The quantitative estimate of drug-likeness (QED) is 0.555. The van der Waals surface area contributed by atoms with Gasteiger partial charge in [0.15, 0.2) is 5.13 Å². The molecule has 0 bridgehead atoms. The second-order valence-electron chi connectivity index (χ2n) is 3.23. The van der Waals surface area contributed by atoms with Crippen LogP contribution in [0.2, 0.25) is 0 Å². The van der Waals surface area contributed by atoms with Gasteiger partial charge in [0.2, 0.25) is 0 Å². The summed E-state index contributed by atoms with van der Waals surface area (Å²) in [5.41, 5.74) is 2.51. The number of aromatic nitrogens is 1. The van der Waals surface area contributed by atoms with E-state index < -0.39 is 0 Å². The van der Waals surface area contributed by atoms with Gasteiger partial charge in [0.25, 0.3) is 0 Å². The number of hydrogen-bond donors (Lipinski definition) is 2. The Labute approximate surface area is 81.1 Å². The normalized spacial score (nSPS) is 16.1. The summed E-state index contributed by atoms with van der Waals surface area (Å²) in [6.45, 7) is 1.55. The Morgan fingerprint density at radius 2 is 2.54 bits per heavy atom. The van der Waals surface area contributed by atoms with Gasteiger partial charge < -0.3 is 4.74 Å². The highest BCUT2D eigenvalue weighted by Gasteiger charge is 2.21. The van der Waals surface area contributed by atoms with Crippen LogP contribution < -0.4 is 11.3 Å². The molecular formula is C8H13N3OS. The summed E-state index contributed by atoms with van der Waals surface area (Å²) in [5, 5.41) is 0.741. The summed E-state index contributed by atoms with van der Waals surface area (Å²) in [5.74, 6) is 6.03. The predicted molar refractivity (Wildman–Crippen MR) is 52.3 cm³/mol. The zero-order valence-electron chi connectivity index (χ0n) is 7.32. The van der Waals surface area contributed by atoms with E-state index in [2.05, 4.69) is 10.4 Å². The van der Waals surface area contributed by atoms with E-state index in [9.17, 15) is 0 Å². The van der Waals surface area contributed by atoms with E-state index in [0.717, 1.165) is 22.5 Å². The molecule has 2 rings (SSSR count). The molecule has 0 saturated heterocycles. The molecule has 3 N–H and O–H groups in total. The largest absolute Gasteiger partial charge is 0.376 e. The zero-order valence-corrected chi connectivity index (χ0v) is 8.14. The number of anilines is 1. The van der Waals surface area contributed by atoms with E-state index in [1.54, 1.807) is 6.20 Å². The van der Waals surface area contributed by atoms with Crippen LogP contribution in [-0.4, -0.2) is 11.6 Å². The Hall–Kier alpha value is -0.650. The average Bonchev–Trinajstić information content (AvgIpc) is 2.84. The molecular weight excluding hydrogens is 186 g/mol. The van der Waals surface area contributed by atoms with E-state index in [4.69, 9.17) is 10.6 Å². The van der Waals surface area contributed by atoms with Gasteiger partial charge in [-0.05, 0) is 18.8 Å². The van der Waals surface area contributed by atoms with Crippen LogP contribution in [0.1, 0.15) is 17.7 Å². The highest BCUT2D eigenvalue weighted by atomic mass is 32.1. The minimum Gasteiger partial charge on any atom is -0.376 e. The van der Waals surface area contributed by atoms with Crippen molar-refractivity contribution in [3.8, 4) is 0 Å². The Morgan fingerprint density at radius 1 is 1.69 bits per heavy atom. The molecule has 0 amide bonds. The fourth-order valence-electron chi connectivity index (χ4n) is 1.05. The monoisotopic (exact) mass is 199 g/mol. The number of nitrogen functional groups attached to an aromatic ring is 1. The van der Waals surface area contributed by atoms with E-state index in [-0.39, 0.29) is 0 Å². The maximum Gasteiger partial charge on any atom is 0.197 e. The van der Waals surface area contributed by atoms with Crippen molar-refractivity contribution in [3.05, 3.63) is 11.1 Å². The molecule has 1 heterocycles. The molecule has 72 valence electrons. The lowest BCUT2D eigenvalue weighted by Gasteiger charge is -1.98. The van der Waals surface area contributed by atoms with Crippen LogP contribution >= 0.6 is 11.3 Å². The van der Waals surface area contributed by atoms with Crippen molar-refractivity contribution in [1.82, 2.24) is 4.98 Å². The lowest BCUT2D eigenvalue weighted by Crippen LogP contribution is -2.05. The van der Waals surface area contributed by atoms with E-state index in [1.165, 1.54) is 24.2 Å². The second-order valence-corrected chi connectivity index (χ2v) is 4.35. The third-order valence-electron chi connectivity index (χ3n) is 1.97. The third kappa shape index (κ3) is 2.65. The van der Waals surface area contributed by atoms with Gasteiger partial charge in [-0.25, -0.2) is 10.8 Å². The summed E-state index contributed by atoms with van der Waals surface area (Å²) in [4.78, 5) is 5.17. The molecule has 5 heteroatoms. The van der Waals surface area contributed by atoms with E-state index in [0.29, 0.717) is 6.61 Å². The maximum atomic E-state index is 5.50. The Morgan fingerprint density at radius 3 is 3.15 bits per heavy atom. The van der Waals surface area contributed by atoms with Gasteiger partial charge in [-0.15, -0.1) is 0 Å². The number of hydrogen-bond acceptors (Lipinski definition) is 5. The number of hydrazine groups is 1. The summed E-state index contributed by atoms with van der Waals surface area (Å²) < 4.78 is 5.50. The highest BCUT2D eigenvalue weighted by molar-refractivity contribution is 7.15. The number of rotatable bonds is 5. The lowest BCUT2D eigenvalue weighted by atomic mass is 10.5. The molecule has 1 saturated carbocycles. The van der Waals surface area contributed by atoms with Crippen LogP contribution in [0.15, 0.2) is 6.20 Å². The van der Waals surface area contributed by atoms with Crippen LogP contribution in [0.4, 0.5) is 5.13 Å². The molecule has 1 aromatic rings. The van der Waals surface area contributed by atoms with Gasteiger partial charge in [0.1, 0.15) is 0 Å². The van der Waals surface area contributed by atoms with Crippen molar-refractivity contribution in [3.63, 3.8) is 0 Å². The van der Waals surface area contributed by atoms with Crippen LogP contribution in [0.3, 0.4) is 0 Å². The molecule has 0 aromatic carbocycles. The van der Waals surface area contributed by atoms with Crippen molar-refractivity contribution in [2.45, 2.75) is 19.4 Å². The topological polar surface area (TPSA) is 60.2 Å². The molecule has 1 aromatic heterocycles. The fourth-order valence-corrected chi connectivity index (χ4v) is 1.71. The van der Waals surface area contributed by atoms with Gasteiger partial charge >= 0.3 is 0 Å². The maximum absolute atomic E-state index is 5.50. The Bertz CT molecular complexity index is 272. The molecule has 0 radical (unpaired) electrons. The third-order valence-corrected chi connectivity index (χ3v) is 2.87. The van der Waals surface area contributed by atoms with Gasteiger partial charge in [-0.1, -0.05) is 11.3 Å². The molecule has 13 heavy (non-hydrogen) atoms. The van der Waals surface area contributed by atoms with Crippen molar-refractivity contribution < 1.29 is 4.74 Å². The molecule has 4 nitrogen and oxygen atoms in total. The molecule has 0 spiro atoms. The van der Waals surface area contributed by atoms with Crippen molar-refractivity contribution in [1.29, 1.82) is 0 Å². The van der Waals surface area contributed by atoms with Gasteiger partial charge in [0.05, 0.1) is 11.5 Å². The summed E-state index contributed by atoms with van der Waals surface area (Å²) in [7, 11) is 0. The highest BCUT2D eigenvalue weighted by Crippen LogP contribution is 2.29. The number of ether oxygens (including phenoxy) is 1. The second kappa shape index (κ2) is 4.04. The summed E-state index contributed by atoms with van der Waals surface area (Å²) in [6.07, 6.45) is 4.46. The zero-order chi connectivity index (χ0) is 9.10. The first-order valence-corrected chi connectivity index (χ1v) is 5.19. The molecule has 1 aliphatic carbocycles. The number of nitrogens with zero attached hydrogens (tertiary/aromatic N) is 1. The fraction of sp³-hybridized carbons (Fsp3) is 0.625. The number of nitrogens with two attached hydrogens (primary N) is 1. The first-order valence-electron chi connectivity index (χ1n) is 4.37. The molecule has 0 unspecified atom stereocenters. The number of nitrogens with one attached hydrogen (secondary N) is 1. The molecule has 1 fully saturated rings. The van der Waals surface area contributed by atoms with Crippen LogP contribution in [0, 0.1) is 5.92 Å². The lowest BCUT2D eigenvalue weighted by molar-refractivity contribution is 0.113. The Balaban J connectivity index is 1.72. The van der Waals surface area contributed by atoms with E-state index in [1.807, 2.05) is 0 Å². The summed E-state index contributed by atoms with van der Waals surface area (Å²) in [6, 6.07) is 0. The summed E-state index contributed by atoms with van der Waals surface area (Å²) >= 11 is 1.53. The molecule has 0 atom stereocenters. The van der Waals surface area contributed by atoms with Gasteiger partial charge in [-0.3, -0.25) is 5.43 Å². The van der Waals surface area contributed by atoms with Gasteiger partial charge in [0, 0.05) is 12.8 Å². The minimum atomic E-state index is 0.663.